The Hall–Kier alpha value is -2.66. The van der Waals surface area contributed by atoms with E-state index in [1.807, 2.05) is 23.1 Å². The van der Waals surface area contributed by atoms with E-state index < -0.39 is 0 Å². The van der Waals surface area contributed by atoms with E-state index in [-0.39, 0.29) is 23.9 Å². The largest absolute Gasteiger partial charge is 0.348 e. The number of nitrogens with zero attached hydrogens (tertiary/aromatic N) is 2. The van der Waals surface area contributed by atoms with Crippen molar-refractivity contribution >= 4 is 11.8 Å². The lowest BCUT2D eigenvalue weighted by atomic mass is 9.87. The molecular formula is C30H39N3O2. The first-order valence-electron chi connectivity index (χ1n) is 13.6. The normalized spacial score (nSPS) is 21.9. The molecule has 1 saturated carbocycles. The fraction of sp³-hybridized carbons (Fsp3) is 0.533. The Morgan fingerprint density at radius 3 is 2.34 bits per heavy atom. The van der Waals surface area contributed by atoms with Crippen LogP contribution in [-0.2, 0) is 22.4 Å². The van der Waals surface area contributed by atoms with Gasteiger partial charge in [-0.3, -0.25) is 14.5 Å². The zero-order valence-electron chi connectivity index (χ0n) is 20.8. The van der Waals surface area contributed by atoms with E-state index in [2.05, 4.69) is 46.6 Å². The Balaban J connectivity index is 1.20. The van der Waals surface area contributed by atoms with Crippen molar-refractivity contribution in [3.63, 3.8) is 0 Å². The third-order valence-electron chi connectivity index (χ3n) is 8.33. The van der Waals surface area contributed by atoms with E-state index in [4.69, 9.17) is 0 Å². The molecule has 5 nitrogen and oxygen atoms in total. The Labute approximate surface area is 209 Å². The molecule has 2 fully saturated rings. The lowest BCUT2D eigenvalue weighted by Crippen LogP contribution is -2.58. The van der Waals surface area contributed by atoms with E-state index >= 15 is 0 Å². The van der Waals surface area contributed by atoms with Gasteiger partial charge in [0.05, 0.1) is 12.1 Å². The maximum atomic E-state index is 13.7. The molecule has 35 heavy (non-hydrogen) atoms. The lowest BCUT2D eigenvalue weighted by molar-refractivity contribution is -0.135. The van der Waals surface area contributed by atoms with Crippen molar-refractivity contribution in [3.8, 4) is 0 Å². The molecule has 1 aliphatic heterocycles. The van der Waals surface area contributed by atoms with Gasteiger partial charge in [-0.1, -0.05) is 67.4 Å². The van der Waals surface area contributed by atoms with Crippen LogP contribution < -0.4 is 5.32 Å². The number of amides is 2. The predicted molar refractivity (Wildman–Crippen MR) is 139 cm³/mol. The number of aryl methyl sites for hydroxylation is 2. The summed E-state index contributed by atoms with van der Waals surface area (Å²) < 4.78 is 0. The smallest absolute Gasteiger partial charge is 0.238 e. The van der Waals surface area contributed by atoms with Crippen LogP contribution in [0.25, 0.3) is 0 Å². The molecule has 2 aliphatic carbocycles. The van der Waals surface area contributed by atoms with Crippen molar-refractivity contribution in [2.45, 2.75) is 69.9 Å². The molecule has 1 heterocycles. The number of benzene rings is 2. The maximum Gasteiger partial charge on any atom is 0.238 e. The van der Waals surface area contributed by atoms with Gasteiger partial charge in [-0.25, -0.2) is 0 Å². The van der Waals surface area contributed by atoms with Gasteiger partial charge in [0, 0.05) is 32.6 Å². The summed E-state index contributed by atoms with van der Waals surface area (Å²) in [6.45, 7) is 3.01. The molecule has 2 aromatic carbocycles. The monoisotopic (exact) mass is 473 g/mol. The van der Waals surface area contributed by atoms with Gasteiger partial charge in [-0.15, -0.1) is 0 Å². The fourth-order valence-electron chi connectivity index (χ4n) is 6.42. The molecule has 1 saturated heterocycles. The summed E-state index contributed by atoms with van der Waals surface area (Å²) in [7, 11) is 0. The summed E-state index contributed by atoms with van der Waals surface area (Å²) in [5.74, 6) is 0.853. The van der Waals surface area contributed by atoms with Gasteiger partial charge in [0.2, 0.25) is 11.8 Å². The summed E-state index contributed by atoms with van der Waals surface area (Å²) in [5, 5.41) is 3.46. The Bertz CT molecular complexity index is 994. The third kappa shape index (κ3) is 5.78. The highest BCUT2D eigenvalue weighted by molar-refractivity contribution is 5.83. The number of hydrogen-bond acceptors (Lipinski definition) is 3. The number of fused-ring (bicyclic) bond motifs is 1. The molecule has 2 atom stereocenters. The number of carbonyl (C=O) groups is 2. The Morgan fingerprint density at radius 1 is 0.857 bits per heavy atom. The maximum absolute atomic E-state index is 13.7. The fourth-order valence-corrected chi connectivity index (χ4v) is 6.42. The van der Waals surface area contributed by atoms with Crippen LogP contribution in [0.2, 0.25) is 0 Å². The van der Waals surface area contributed by atoms with Crippen LogP contribution in [0.4, 0.5) is 0 Å². The molecule has 0 unspecified atom stereocenters. The molecule has 0 spiro atoms. The average molecular weight is 474 g/mol. The van der Waals surface area contributed by atoms with Gasteiger partial charge >= 0.3 is 0 Å². The molecule has 0 radical (unpaired) electrons. The minimum Gasteiger partial charge on any atom is -0.348 e. The standard InChI is InChI=1S/C30H39N3O2/c34-28(18-17-23-9-2-1-3-10-23)32-19-21-33(22-20-32)29(25-12-4-5-13-25)30(35)31-27-16-8-14-24-11-6-7-15-26(24)27/h1-3,6-7,9-11,15,25,27,29H,4-5,8,12-14,16-22H2,(H,31,35)/t27-,29+/m1/s1. The van der Waals surface area contributed by atoms with E-state index in [0.29, 0.717) is 12.3 Å². The first kappa shape index (κ1) is 24.1. The van der Waals surface area contributed by atoms with E-state index in [1.54, 1.807) is 0 Å². The minimum absolute atomic E-state index is 0.0758. The molecule has 5 heteroatoms. The van der Waals surface area contributed by atoms with Crippen LogP contribution in [0.1, 0.15) is 67.7 Å². The second kappa shape index (κ2) is 11.4. The summed E-state index contributed by atoms with van der Waals surface area (Å²) in [4.78, 5) is 31.0. The van der Waals surface area contributed by atoms with Crippen molar-refractivity contribution < 1.29 is 9.59 Å². The van der Waals surface area contributed by atoms with Crippen molar-refractivity contribution in [1.29, 1.82) is 0 Å². The zero-order valence-corrected chi connectivity index (χ0v) is 20.8. The second-order valence-corrected chi connectivity index (χ2v) is 10.5. The van der Waals surface area contributed by atoms with Crippen LogP contribution in [0.5, 0.6) is 0 Å². The quantitative estimate of drug-likeness (QED) is 0.644. The summed E-state index contributed by atoms with van der Waals surface area (Å²) >= 11 is 0. The van der Waals surface area contributed by atoms with Gasteiger partial charge in [0.1, 0.15) is 0 Å². The van der Waals surface area contributed by atoms with Crippen molar-refractivity contribution in [2.24, 2.45) is 5.92 Å². The highest BCUT2D eigenvalue weighted by Crippen LogP contribution is 2.33. The SMILES string of the molecule is O=C(N[C@@H]1CCCc2ccccc21)[C@H](C1CCCC1)N1CCN(C(=O)CCc2ccccc2)CC1. The third-order valence-corrected chi connectivity index (χ3v) is 8.33. The number of rotatable bonds is 7. The lowest BCUT2D eigenvalue weighted by Gasteiger charge is -2.41. The second-order valence-electron chi connectivity index (χ2n) is 10.5. The summed E-state index contributed by atoms with van der Waals surface area (Å²) in [6, 6.07) is 18.9. The minimum atomic E-state index is -0.0758. The van der Waals surface area contributed by atoms with Crippen molar-refractivity contribution in [3.05, 3.63) is 71.3 Å². The first-order valence-corrected chi connectivity index (χ1v) is 13.6. The topological polar surface area (TPSA) is 52.7 Å². The molecule has 3 aliphatic rings. The highest BCUT2D eigenvalue weighted by atomic mass is 16.2. The van der Waals surface area contributed by atoms with Gasteiger partial charge in [-0.05, 0) is 61.1 Å². The molecule has 2 amide bonds. The van der Waals surface area contributed by atoms with Crippen molar-refractivity contribution in [1.82, 2.24) is 15.1 Å². The molecule has 0 aromatic heterocycles. The number of carbonyl (C=O) groups excluding carboxylic acids is 2. The van der Waals surface area contributed by atoms with Crippen LogP contribution >= 0.6 is 0 Å². The molecule has 1 N–H and O–H groups in total. The number of nitrogens with one attached hydrogen (secondary N) is 1. The number of piperazine rings is 1. The Kier molecular flexibility index (Phi) is 7.82. The highest BCUT2D eigenvalue weighted by Gasteiger charge is 2.38. The first-order chi connectivity index (χ1) is 17.2. The molecular weight excluding hydrogens is 434 g/mol. The number of hydrogen-bond donors (Lipinski definition) is 1. The van der Waals surface area contributed by atoms with Crippen LogP contribution in [0, 0.1) is 5.92 Å². The van der Waals surface area contributed by atoms with Gasteiger partial charge in [0.25, 0.3) is 0 Å². The van der Waals surface area contributed by atoms with Gasteiger partial charge < -0.3 is 10.2 Å². The molecule has 0 bridgehead atoms. The molecule has 2 aromatic rings. The van der Waals surface area contributed by atoms with Crippen LogP contribution in [-0.4, -0.2) is 53.8 Å². The van der Waals surface area contributed by atoms with Gasteiger partial charge in [0.15, 0.2) is 0 Å². The van der Waals surface area contributed by atoms with Crippen LogP contribution in [0.15, 0.2) is 54.6 Å². The summed E-state index contributed by atoms with van der Waals surface area (Å²) in [5.41, 5.74) is 3.89. The van der Waals surface area contributed by atoms with Gasteiger partial charge in [-0.2, -0.15) is 0 Å². The van der Waals surface area contributed by atoms with E-state index in [1.165, 1.54) is 29.5 Å². The van der Waals surface area contributed by atoms with E-state index in [9.17, 15) is 9.59 Å². The molecule has 5 rings (SSSR count). The molecule has 186 valence electrons. The Morgan fingerprint density at radius 2 is 1.57 bits per heavy atom. The van der Waals surface area contributed by atoms with E-state index in [0.717, 1.165) is 64.7 Å². The summed E-state index contributed by atoms with van der Waals surface area (Å²) in [6.07, 6.45) is 9.30. The average Bonchev–Trinajstić information content (AvgIpc) is 3.43. The predicted octanol–water partition coefficient (Wildman–Crippen LogP) is 4.52. The van der Waals surface area contributed by atoms with Crippen LogP contribution in [0.3, 0.4) is 0 Å². The van der Waals surface area contributed by atoms with Crippen molar-refractivity contribution in [2.75, 3.05) is 26.2 Å². The zero-order chi connectivity index (χ0) is 24.0.